The third-order valence-electron chi connectivity index (χ3n) is 9.69. The van der Waals surface area contributed by atoms with Crippen LogP contribution in [0.2, 0.25) is 0 Å². The van der Waals surface area contributed by atoms with Crippen molar-refractivity contribution >= 4 is 126 Å². The zero-order valence-electron chi connectivity index (χ0n) is 39.3. The molecule has 5 heterocycles. The summed E-state index contributed by atoms with van der Waals surface area (Å²) in [4.78, 5) is 9.44. The second-order valence-electron chi connectivity index (χ2n) is 16.0. The van der Waals surface area contributed by atoms with Crippen LogP contribution >= 0.6 is 98.8 Å². The zero-order valence-corrected chi connectivity index (χ0v) is 53.2. The van der Waals surface area contributed by atoms with E-state index in [1.165, 1.54) is 148 Å². The molecule has 9 rings (SSSR count). The molecule has 16 heteroatoms. The van der Waals surface area contributed by atoms with Gasteiger partial charge in [0.25, 0.3) is 0 Å². The molecule has 4 aromatic carbocycles. The minimum absolute atomic E-state index is 0. The van der Waals surface area contributed by atoms with Crippen LogP contribution < -0.4 is 54.4 Å². The molecule has 1 atom stereocenters. The molecule has 5 aliphatic rings. The van der Waals surface area contributed by atoms with Crippen molar-refractivity contribution in [3.8, 4) is 0 Å². The van der Waals surface area contributed by atoms with Crippen molar-refractivity contribution in [2.24, 2.45) is 0 Å². The second kappa shape index (κ2) is 47.1. The number of ketones is 1. The van der Waals surface area contributed by atoms with Gasteiger partial charge in [0.1, 0.15) is 46.4 Å². The molecule has 0 radical (unpaired) electrons. The van der Waals surface area contributed by atoms with E-state index in [0.29, 0.717) is 33.8 Å². The van der Waals surface area contributed by atoms with Gasteiger partial charge in [-0.15, -0.1) is 11.6 Å². The molecule has 5 aliphatic heterocycles. The molecule has 1 unspecified atom stereocenters. The molecule has 0 bridgehead atoms. The summed E-state index contributed by atoms with van der Waals surface area (Å²) in [6.45, 7) is 7.28. The van der Waals surface area contributed by atoms with Gasteiger partial charge in [-0.2, -0.15) is 23.5 Å². The smallest absolute Gasteiger partial charge is 1.00 e. The summed E-state index contributed by atoms with van der Waals surface area (Å²) in [6, 6.07) is 33.8. The molecular formula is C52H78Br4Cl3NaO4S4. The van der Waals surface area contributed by atoms with Crippen LogP contribution in [0, 0.1) is 0 Å². The monoisotopic (exact) mass is 1340 g/mol. The maximum atomic E-state index is 9.44. The summed E-state index contributed by atoms with van der Waals surface area (Å²) in [5.41, 5.74) is 5.48. The van der Waals surface area contributed by atoms with E-state index in [1.807, 2.05) is 36.4 Å². The largest absolute Gasteiger partial charge is 1.00 e. The van der Waals surface area contributed by atoms with Crippen molar-refractivity contribution in [3.05, 3.63) is 137 Å². The minimum atomic E-state index is 0. The molecule has 0 amide bonds. The van der Waals surface area contributed by atoms with Gasteiger partial charge in [0, 0.05) is 34.9 Å². The van der Waals surface area contributed by atoms with Gasteiger partial charge in [-0.3, -0.25) is 0 Å². The number of alkyl halides is 1. The molecule has 4 nitrogen and oxygen atoms in total. The maximum Gasteiger partial charge on any atom is 1.00 e. The molecule has 0 saturated carbocycles. The molecule has 4 aromatic rings. The average molecular weight is 1340 g/mol. The fourth-order valence-electron chi connectivity index (χ4n) is 6.32. The number of thioether (sulfide) groups is 2. The van der Waals surface area contributed by atoms with Crippen LogP contribution in [0.5, 0.6) is 0 Å². The Bertz CT molecular complexity index is 1660. The standard InChI is InChI=1S/2C11H14BrS.C10H11BrO.C7H6BrCl.2C4H8S.C3H6O.2CH4.2ClH.Na.2H2O/c2*12-11-5-3-10(4-6-11)9-13-7-1-2-8-13;1-10(2)9(12-10)7-3-5-8(11)6-4-7;8-7-3-1-6(5-9)2-4-7;2*1-2-4-5-3-1;1-3(2)4;;;;;;;/h2*3-6H,1-2,7-9H2;3-6,9H,1-2H3;1-4H,5H2;2*1-4H2;1-2H3;2*1H4;2*1H;;2*1H2/q2*+1;;;;;;;;;;+1;;/p-3. The Balaban J connectivity index is -0.000000231. The number of benzene rings is 4. The molecule has 3 N–H and O–H groups in total. The first-order valence-corrected chi connectivity index (χ1v) is 31.0. The number of hydrogen-bond acceptors (Lipinski definition) is 5. The zero-order chi connectivity index (χ0) is 44.3. The van der Waals surface area contributed by atoms with Gasteiger partial charge in [0.05, 0.1) is 5.60 Å². The van der Waals surface area contributed by atoms with Crippen molar-refractivity contribution < 1.29 is 74.9 Å². The van der Waals surface area contributed by atoms with Crippen molar-refractivity contribution in [1.29, 1.82) is 0 Å². The van der Waals surface area contributed by atoms with Gasteiger partial charge in [-0.25, -0.2) is 0 Å². The van der Waals surface area contributed by atoms with E-state index in [4.69, 9.17) is 16.3 Å². The predicted octanol–water partition coefficient (Wildman–Crippen LogP) is 8.11. The van der Waals surface area contributed by atoms with E-state index < -0.39 is 0 Å². The van der Waals surface area contributed by atoms with E-state index in [-0.39, 0.29) is 91.6 Å². The van der Waals surface area contributed by atoms with E-state index in [2.05, 4.69) is 162 Å². The number of carbonyl (C=O) groups excluding carboxylic acids is 1. The van der Waals surface area contributed by atoms with E-state index in [9.17, 15) is 4.79 Å². The van der Waals surface area contributed by atoms with Gasteiger partial charge in [-0.05, 0) is 184 Å². The first-order valence-electron chi connectivity index (χ1n) is 21.5. The number of epoxide rings is 1. The van der Waals surface area contributed by atoms with Crippen molar-refractivity contribution in [3.63, 3.8) is 0 Å². The molecular weight excluding hydrogens is 1270 g/mol. The molecule has 68 heavy (non-hydrogen) atoms. The minimum Gasteiger partial charge on any atom is -1.00 e. The maximum absolute atomic E-state index is 9.44. The van der Waals surface area contributed by atoms with Gasteiger partial charge in [0.15, 0.2) is 0 Å². The van der Waals surface area contributed by atoms with Crippen molar-refractivity contribution in [2.45, 2.75) is 123 Å². The molecule has 0 spiro atoms. The number of hydrogen-bond donors (Lipinski definition) is 0. The first kappa shape index (κ1) is 78.5. The van der Waals surface area contributed by atoms with Crippen LogP contribution in [0.15, 0.2) is 115 Å². The fraction of sp³-hybridized carbons (Fsp3) is 0.519. The predicted molar refractivity (Wildman–Crippen MR) is 313 cm³/mol. The van der Waals surface area contributed by atoms with Gasteiger partial charge in [0.2, 0.25) is 0 Å². The van der Waals surface area contributed by atoms with E-state index in [0.717, 1.165) is 14.5 Å². The summed E-state index contributed by atoms with van der Waals surface area (Å²) in [6.07, 6.45) is 12.0. The Hall–Kier alpha value is 1.62. The quantitative estimate of drug-likeness (QED) is 0.0843. The number of ether oxygens (including phenoxy) is 1. The van der Waals surface area contributed by atoms with Gasteiger partial charge >= 0.3 is 29.6 Å². The number of Topliss-reactive ketones (excluding diaryl/α,β-unsaturated/α-hetero) is 1. The average Bonchev–Trinajstić information content (AvgIpc) is 4.03. The Morgan fingerprint density at radius 2 is 0.824 bits per heavy atom. The second-order valence-corrected chi connectivity index (χ2v) is 27.0. The van der Waals surface area contributed by atoms with Crippen LogP contribution in [-0.4, -0.2) is 68.4 Å². The molecule has 0 aliphatic carbocycles. The summed E-state index contributed by atoms with van der Waals surface area (Å²) in [7, 11) is 1.40. The van der Waals surface area contributed by atoms with Crippen LogP contribution in [0.4, 0.5) is 0 Å². The van der Waals surface area contributed by atoms with Gasteiger partial charge in [-0.1, -0.05) is 127 Å². The van der Waals surface area contributed by atoms with Crippen LogP contribution in [0.1, 0.15) is 122 Å². The third kappa shape index (κ3) is 38.2. The topological polar surface area (TPSA) is 91.1 Å². The fourth-order valence-corrected chi connectivity index (χ4v) is 14.4. The van der Waals surface area contributed by atoms with Crippen LogP contribution in [0.25, 0.3) is 0 Å². The van der Waals surface area contributed by atoms with E-state index in [1.54, 1.807) is 0 Å². The Morgan fingerprint density at radius 3 is 1.04 bits per heavy atom. The summed E-state index contributed by atoms with van der Waals surface area (Å²) in [5.74, 6) is 14.9. The normalized spacial score (nSPS) is 16.5. The number of halogens is 7. The molecule has 5 fully saturated rings. The van der Waals surface area contributed by atoms with Gasteiger partial charge < -0.3 is 45.3 Å². The Morgan fingerprint density at radius 1 is 0.574 bits per heavy atom. The number of rotatable bonds is 6. The molecule has 384 valence electrons. The molecule has 5 saturated heterocycles. The Labute approximate surface area is 501 Å². The Kier molecular flexibility index (Phi) is 54.4. The first-order chi connectivity index (χ1) is 29.3. The van der Waals surface area contributed by atoms with E-state index >= 15 is 0 Å². The van der Waals surface area contributed by atoms with Crippen LogP contribution in [-0.2, 0) is 48.7 Å². The van der Waals surface area contributed by atoms with Crippen molar-refractivity contribution in [2.75, 3.05) is 46.0 Å². The third-order valence-corrected chi connectivity index (χ3v) is 19.4. The van der Waals surface area contributed by atoms with Crippen molar-refractivity contribution in [1.82, 2.24) is 0 Å². The van der Waals surface area contributed by atoms with Crippen LogP contribution in [0.3, 0.4) is 0 Å². The SMILES string of the molecule is Brc1ccc(C[S+]2CCCC2)cc1.Brc1ccc(C[S+]2CCCC2)cc1.C.C.C1CCSC1.C1CCSC1.CC(C)=O.CC1(C)OC1c1ccc(Br)cc1.ClCc1ccc(Br)cc1.O.[Cl-].[Cl-].[Na+].[OH-]. The summed E-state index contributed by atoms with van der Waals surface area (Å²) >= 11 is 23.4. The summed E-state index contributed by atoms with van der Waals surface area (Å²) < 4.78 is 10.1. The number of carbonyl (C=O) groups is 1. The summed E-state index contributed by atoms with van der Waals surface area (Å²) in [5, 5.41) is 0. The molecule has 0 aromatic heterocycles.